The SMILES string of the molecule is Cc1cccc(-n2cnc(C(=O)N3CCCN(c4cc(-c5cccc6cccnc56)ncn4)CC3)c2)n1. The lowest BCUT2D eigenvalue weighted by atomic mass is 10.1. The van der Waals surface area contributed by atoms with Crippen LogP contribution in [0.25, 0.3) is 28.0 Å². The summed E-state index contributed by atoms with van der Waals surface area (Å²) in [5.74, 6) is 1.52. The van der Waals surface area contributed by atoms with Gasteiger partial charge >= 0.3 is 0 Å². The van der Waals surface area contributed by atoms with Crippen molar-refractivity contribution in [2.45, 2.75) is 13.3 Å². The van der Waals surface area contributed by atoms with Crippen molar-refractivity contribution in [2.75, 3.05) is 31.1 Å². The number of imidazole rings is 1. The van der Waals surface area contributed by atoms with Crippen LogP contribution < -0.4 is 4.90 Å². The Morgan fingerprint density at radius 2 is 1.76 bits per heavy atom. The normalized spacial score (nSPS) is 14.1. The molecular formula is C28H26N8O. The van der Waals surface area contributed by atoms with E-state index in [-0.39, 0.29) is 5.91 Å². The Hall–Kier alpha value is -4.66. The average molecular weight is 491 g/mol. The van der Waals surface area contributed by atoms with Gasteiger partial charge in [0, 0.05) is 61.3 Å². The van der Waals surface area contributed by atoms with Gasteiger partial charge in [0.1, 0.15) is 30.0 Å². The number of aromatic nitrogens is 6. The Morgan fingerprint density at radius 1 is 0.865 bits per heavy atom. The number of amides is 1. The maximum absolute atomic E-state index is 13.2. The molecule has 9 nitrogen and oxygen atoms in total. The summed E-state index contributed by atoms with van der Waals surface area (Å²) < 4.78 is 1.79. The number of pyridine rings is 2. The van der Waals surface area contributed by atoms with E-state index in [0.717, 1.165) is 52.5 Å². The van der Waals surface area contributed by atoms with Gasteiger partial charge in [0.25, 0.3) is 5.91 Å². The van der Waals surface area contributed by atoms with Crippen molar-refractivity contribution in [3.05, 3.63) is 91.0 Å². The summed E-state index contributed by atoms with van der Waals surface area (Å²) in [6.07, 6.45) is 7.63. The van der Waals surface area contributed by atoms with E-state index in [1.54, 1.807) is 29.6 Å². The Labute approximate surface area is 214 Å². The van der Waals surface area contributed by atoms with Crippen LogP contribution in [0.4, 0.5) is 5.82 Å². The van der Waals surface area contributed by atoms with Crippen molar-refractivity contribution in [3.63, 3.8) is 0 Å². The van der Waals surface area contributed by atoms with Gasteiger partial charge in [0.2, 0.25) is 0 Å². The number of anilines is 1. The molecule has 1 saturated heterocycles. The summed E-state index contributed by atoms with van der Waals surface area (Å²) in [6, 6.07) is 17.9. The molecule has 0 spiro atoms. The van der Waals surface area contributed by atoms with Gasteiger partial charge in [-0.25, -0.2) is 19.9 Å². The number of fused-ring (bicyclic) bond motifs is 1. The van der Waals surface area contributed by atoms with E-state index in [4.69, 9.17) is 0 Å². The Kier molecular flexibility index (Phi) is 6.02. The lowest BCUT2D eigenvalue weighted by molar-refractivity contribution is 0.0761. The van der Waals surface area contributed by atoms with Gasteiger partial charge in [-0.3, -0.25) is 14.3 Å². The molecule has 5 heterocycles. The molecule has 184 valence electrons. The number of carbonyl (C=O) groups excluding carboxylic acids is 1. The first kappa shape index (κ1) is 22.8. The summed E-state index contributed by atoms with van der Waals surface area (Å²) >= 11 is 0. The van der Waals surface area contributed by atoms with Crippen molar-refractivity contribution in [2.24, 2.45) is 0 Å². The van der Waals surface area contributed by atoms with E-state index in [1.165, 1.54) is 0 Å². The molecule has 5 aromatic rings. The van der Waals surface area contributed by atoms with Crippen molar-refractivity contribution in [3.8, 4) is 17.1 Å². The molecule has 6 rings (SSSR count). The molecule has 4 aromatic heterocycles. The number of rotatable bonds is 4. The number of aryl methyl sites for hydroxylation is 1. The smallest absolute Gasteiger partial charge is 0.274 e. The second-order valence-electron chi connectivity index (χ2n) is 9.08. The van der Waals surface area contributed by atoms with Crippen molar-refractivity contribution < 1.29 is 4.79 Å². The highest BCUT2D eigenvalue weighted by Crippen LogP contribution is 2.27. The molecule has 0 N–H and O–H groups in total. The largest absolute Gasteiger partial charge is 0.355 e. The van der Waals surface area contributed by atoms with E-state index in [0.29, 0.717) is 25.3 Å². The molecule has 1 aromatic carbocycles. The number of hydrogen-bond acceptors (Lipinski definition) is 7. The molecule has 0 aliphatic carbocycles. The van der Waals surface area contributed by atoms with Crippen LogP contribution in [0.3, 0.4) is 0 Å². The molecule has 37 heavy (non-hydrogen) atoms. The third-order valence-corrected chi connectivity index (χ3v) is 6.61. The summed E-state index contributed by atoms with van der Waals surface area (Å²) in [4.78, 5) is 39.9. The van der Waals surface area contributed by atoms with Gasteiger partial charge < -0.3 is 9.80 Å². The number of para-hydroxylation sites is 1. The number of nitrogens with zero attached hydrogens (tertiary/aromatic N) is 8. The van der Waals surface area contributed by atoms with Crippen LogP contribution in [0.1, 0.15) is 22.6 Å². The first-order valence-corrected chi connectivity index (χ1v) is 12.3. The lowest BCUT2D eigenvalue weighted by Gasteiger charge is -2.22. The zero-order valence-electron chi connectivity index (χ0n) is 20.5. The van der Waals surface area contributed by atoms with Gasteiger partial charge in [-0.15, -0.1) is 0 Å². The molecule has 0 bridgehead atoms. The van der Waals surface area contributed by atoms with E-state index in [1.807, 2.05) is 54.3 Å². The molecule has 0 unspecified atom stereocenters. The highest BCUT2D eigenvalue weighted by Gasteiger charge is 2.23. The van der Waals surface area contributed by atoms with Crippen LogP contribution in [0.2, 0.25) is 0 Å². The molecule has 1 fully saturated rings. The molecule has 0 radical (unpaired) electrons. The van der Waals surface area contributed by atoms with Crippen molar-refractivity contribution in [1.29, 1.82) is 0 Å². The van der Waals surface area contributed by atoms with Gasteiger partial charge in [0.05, 0.1) is 11.2 Å². The first-order valence-electron chi connectivity index (χ1n) is 12.3. The van der Waals surface area contributed by atoms with Crippen LogP contribution in [0.5, 0.6) is 0 Å². The highest BCUT2D eigenvalue weighted by atomic mass is 16.2. The summed E-state index contributed by atoms with van der Waals surface area (Å²) in [5, 5.41) is 1.07. The average Bonchev–Trinajstić information content (AvgIpc) is 3.31. The molecule has 9 heteroatoms. The number of benzene rings is 1. The van der Waals surface area contributed by atoms with Gasteiger partial charge in [-0.2, -0.15) is 0 Å². The van der Waals surface area contributed by atoms with Crippen LogP contribution in [0, 0.1) is 6.92 Å². The third-order valence-electron chi connectivity index (χ3n) is 6.61. The zero-order valence-corrected chi connectivity index (χ0v) is 20.5. The molecule has 0 saturated carbocycles. The minimum atomic E-state index is -0.0709. The summed E-state index contributed by atoms with van der Waals surface area (Å²) in [7, 11) is 0. The Balaban J connectivity index is 1.18. The zero-order chi connectivity index (χ0) is 25.2. The van der Waals surface area contributed by atoms with Crippen molar-refractivity contribution in [1.82, 2.24) is 34.4 Å². The van der Waals surface area contributed by atoms with Crippen LogP contribution in [-0.4, -0.2) is 66.5 Å². The fourth-order valence-corrected chi connectivity index (χ4v) is 4.72. The van der Waals surface area contributed by atoms with Gasteiger partial charge in [0.15, 0.2) is 0 Å². The molecule has 1 aliphatic heterocycles. The minimum absolute atomic E-state index is 0.0709. The van der Waals surface area contributed by atoms with Crippen LogP contribution in [0.15, 0.2) is 79.6 Å². The maximum atomic E-state index is 13.2. The molecular weight excluding hydrogens is 464 g/mol. The number of carbonyl (C=O) groups is 1. The van der Waals surface area contributed by atoms with E-state index in [9.17, 15) is 4.79 Å². The standard InChI is InChI=1S/C28H26N8O/c1-20-6-2-10-25(33-20)36-17-24(32-19-36)28(37)35-13-5-12-34(14-15-35)26-16-23(30-18-31-26)22-9-3-7-21-8-4-11-29-27(21)22/h2-4,6-11,16-19H,5,12-15H2,1H3. The number of hydrogen-bond donors (Lipinski definition) is 0. The second kappa shape index (κ2) is 9.77. The Morgan fingerprint density at radius 3 is 2.68 bits per heavy atom. The fourth-order valence-electron chi connectivity index (χ4n) is 4.72. The molecule has 1 aliphatic rings. The Bertz CT molecular complexity index is 1570. The maximum Gasteiger partial charge on any atom is 0.274 e. The lowest BCUT2D eigenvalue weighted by Crippen LogP contribution is -2.35. The van der Waals surface area contributed by atoms with Gasteiger partial charge in [-0.1, -0.05) is 30.3 Å². The predicted octanol–water partition coefficient (Wildman–Crippen LogP) is 3.93. The predicted molar refractivity (Wildman–Crippen MR) is 142 cm³/mol. The highest BCUT2D eigenvalue weighted by molar-refractivity contribution is 5.93. The topological polar surface area (TPSA) is 92.9 Å². The quantitative estimate of drug-likeness (QED) is 0.377. The first-order chi connectivity index (χ1) is 18.2. The fraction of sp³-hybridized carbons (Fsp3) is 0.214. The summed E-state index contributed by atoms with van der Waals surface area (Å²) in [5.41, 5.74) is 4.07. The van der Waals surface area contributed by atoms with Gasteiger partial charge in [-0.05, 0) is 31.5 Å². The molecule has 0 atom stereocenters. The van der Waals surface area contributed by atoms with Crippen LogP contribution >= 0.6 is 0 Å². The summed E-state index contributed by atoms with van der Waals surface area (Å²) in [6.45, 7) is 4.67. The third kappa shape index (κ3) is 4.63. The van der Waals surface area contributed by atoms with Crippen molar-refractivity contribution >= 4 is 22.6 Å². The van der Waals surface area contributed by atoms with Crippen LogP contribution in [-0.2, 0) is 0 Å². The minimum Gasteiger partial charge on any atom is -0.355 e. The van der Waals surface area contributed by atoms with E-state index in [2.05, 4.69) is 42.0 Å². The van der Waals surface area contributed by atoms with E-state index < -0.39 is 0 Å². The second-order valence-corrected chi connectivity index (χ2v) is 9.08. The van der Waals surface area contributed by atoms with E-state index >= 15 is 0 Å². The molecule has 1 amide bonds. The monoisotopic (exact) mass is 490 g/mol.